The topological polar surface area (TPSA) is 45.7 Å². The average molecular weight is 396 g/mol. The molecule has 2 saturated heterocycles. The van der Waals surface area contributed by atoms with Crippen LogP contribution >= 0.6 is 0 Å². The van der Waals surface area contributed by atoms with Gasteiger partial charge in [0.1, 0.15) is 11.9 Å². The van der Waals surface area contributed by atoms with Crippen molar-refractivity contribution in [3.8, 4) is 0 Å². The van der Waals surface area contributed by atoms with Gasteiger partial charge in [-0.2, -0.15) is 0 Å². The molecule has 2 aliphatic carbocycles. The predicted octanol–water partition coefficient (Wildman–Crippen LogP) is 3.66. The van der Waals surface area contributed by atoms with Crippen LogP contribution < -0.4 is 4.90 Å². The number of pyridine rings is 1. The summed E-state index contributed by atoms with van der Waals surface area (Å²) in [4.78, 5) is 22.1. The fraction of sp³-hybridized carbons (Fsp3) is 0.667. The maximum atomic E-state index is 12.8. The minimum absolute atomic E-state index is 0.0353. The number of hydrogen-bond acceptors (Lipinski definition) is 5. The van der Waals surface area contributed by atoms with Crippen molar-refractivity contribution in [1.29, 1.82) is 0 Å². The molecule has 5 rings (SSSR count). The van der Waals surface area contributed by atoms with E-state index in [2.05, 4.69) is 34.7 Å². The van der Waals surface area contributed by atoms with Crippen molar-refractivity contribution < 1.29 is 9.53 Å². The van der Waals surface area contributed by atoms with Crippen LogP contribution in [0.4, 0.5) is 5.82 Å². The molecule has 3 heterocycles. The van der Waals surface area contributed by atoms with E-state index in [4.69, 9.17) is 4.74 Å². The minimum atomic E-state index is 0.0353. The lowest BCUT2D eigenvalue weighted by molar-refractivity contribution is -0.145. The summed E-state index contributed by atoms with van der Waals surface area (Å²) in [5.74, 6) is 1.51. The van der Waals surface area contributed by atoms with Crippen molar-refractivity contribution in [1.82, 2.24) is 9.88 Å². The molecule has 0 spiro atoms. The van der Waals surface area contributed by atoms with Crippen molar-refractivity contribution in [2.75, 3.05) is 37.6 Å². The van der Waals surface area contributed by atoms with Crippen LogP contribution in [0.3, 0.4) is 0 Å². The third-order valence-electron chi connectivity index (χ3n) is 7.98. The zero-order valence-corrected chi connectivity index (χ0v) is 17.8. The van der Waals surface area contributed by atoms with E-state index in [9.17, 15) is 4.79 Å². The number of piperazine rings is 1. The third-order valence-corrected chi connectivity index (χ3v) is 7.98. The third kappa shape index (κ3) is 3.48. The molecule has 5 nitrogen and oxygen atoms in total. The van der Waals surface area contributed by atoms with E-state index in [-0.39, 0.29) is 23.4 Å². The van der Waals surface area contributed by atoms with Gasteiger partial charge in [0.25, 0.3) is 0 Å². The second-order valence-electron chi connectivity index (χ2n) is 9.80. The smallest absolute Gasteiger partial charge is 0.310 e. The van der Waals surface area contributed by atoms with Gasteiger partial charge in [-0.25, -0.2) is 4.98 Å². The number of anilines is 1. The molecular formula is C24H33N3O2. The zero-order chi connectivity index (χ0) is 20.0. The van der Waals surface area contributed by atoms with Crippen LogP contribution in [0.1, 0.15) is 46.0 Å². The second-order valence-corrected chi connectivity index (χ2v) is 9.80. The van der Waals surface area contributed by atoms with Gasteiger partial charge in [0.05, 0.1) is 5.92 Å². The van der Waals surface area contributed by atoms with Gasteiger partial charge in [-0.1, -0.05) is 24.1 Å². The Labute approximate surface area is 174 Å². The van der Waals surface area contributed by atoms with Gasteiger partial charge in [-0.05, 0) is 56.6 Å². The minimum Gasteiger partial charge on any atom is -0.462 e. The van der Waals surface area contributed by atoms with Crippen molar-refractivity contribution >= 4 is 11.8 Å². The summed E-state index contributed by atoms with van der Waals surface area (Å²) in [6.45, 7) is 9.47. The van der Waals surface area contributed by atoms with Crippen LogP contribution in [0, 0.1) is 17.3 Å². The first kappa shape index (κ1) is 19.1. The Balaban J connectivity index is 1.25. The monoisotopic (exact) mass is 395 g/mol. The number of carbonyl (C=O) groups is 1. The Morgan fingerprint density at radius 3 is 2.83 bits per heavy atom. The second kappa shape index (κ2) is 7.42. The molecule has 156 valence electrons. The molecule has 0 radical (unpaired) electrons. The molecule has 2 aliphatic heterocycles. The van der Waals surface area contributed by atoms with Gasteiger partial charge in [0.15, 0.2) is 0 Å². The maximum absolute atomic E-state index is 12.8. The van der Waals surface area contributed by atoms with E-state index < -0.39 is 0 Å². The summed E-state index contributed by atoms with van der Waals surface area (Å²) in [6, 6.07) is 6.08. The first-order chi connectivity index (χ1) is 14.0. The van der Waals surface area contributed by atoms with Gasteiger partial charge >= 0.3 is 5.97 Å². The van der Waals surface area contributed by atoms with Crippen LogP contribution in [-0.4, -0.2) is 54.7 Å². The largest absolute Gasteiger partial charge is 0.462 e. The van der Waals surface area contributed by atoms with Crippen molar-refractivity contribution in [3.05, 3.63) is 35.5 Å². The van der Waals surface area contributed by atoms with Crippen molar-refractivity contribution in [2.24, 2.45) is 17.3 Å². The quantitative estimate of drug-likeness (QED) is 0.577. The predicted molar refractivity (Wildman–Crippen MR) is 114 cm³/mol. The molecule has 0 aromatic carbocycles. The molecule has 0 amide bonds. The SMILES string of the molecule is CC1=C2C[C@@H]3C(CN4CCN(c5ccccn5)CC4)C(=O)O[C@@H]3C[C@@]2(C)CCC1. The Morgan fingerprint density at radius 1 is 1.24 bits per heavy atom. The average Bonchev–Trinajstić information content (AvgIpc) is 3.01. The Kier molecular flexibility index (Phi) is 4.89. The summed E-state index contributed by atoms with van der Waals surface area (Å²) in [5.41, 5.74) is 3.49. The Hall–Kier alpha value is -1.88. The Morgan fingerprint density at radius 2 is 2.07 bits per heavy atom. The summed E-state index contributed by atoms with van der Waals surface area (Å²) in [6.07, 6.45) is 7.84. The standard InChI is InChI=1S/C24H33N3O2/c1-17-6-5-8-24(2)15-21-18(14-20(17)24)19(23(28)29-21)16-26-10-12-27(13-11-26)22-7-3-4-9-25-22/h3-4,7,9,18-19,21H,5-6,8,10-16H2,1-2H3/t18-,19?,21-,24-/m1/s1. The van der Waals surface area contributed by atoms with Gasteiger partial charge < -0.3 is 9.64 Å². The highest BCUT2D eigenvalue weighted by Gasteiger charge is 2.53. The molecule has 1 unspecified atom stereocenters. The molecule has 4 aliphatic rings. The lowest BCUT2D eigenvalue weighted by Crippen LogP contribution is -2.49. The first-order valence-corrected chi connectivity index (χ1v) is 11.3. The normalized spacial score (nSPS) is 35.3. The number of carbonyl (C=O) groups excluding carboxylic acids is 1. The molecule has 5 heteroatoms. The molecule has 3 fully saturated rings. The lowest BCUT2D eigenvalue weighted by atomic mass is 9.59. The van der Waals surface area contributed by atoms with E-state index in [1.807, 2.05) is 18.3 Å². The van der Waals surface area contributed by atoms with Gasteiger partial charge in [-0.3, -0.25) is 9.69 Å². The number of esters is 1. The van der Waals surface area contributed by atoms with Gasteiger partial charge in [-0.15, -0.1) is 0 Å². The van der Waals surface area contributed by atoms with E-state index in [0.717, 1.165) is 51.4 Å². The highest BCUT2D eigenvalue weighted by Crippen LogP contribution is 2.55. The number of fused-ring (bicyclic) bond motifs is 2. The molecule has 29 heavy (non-hydrogen) atoms. The summed E-state index contributed by atoms with van der Waals surface area (Å²) in [5, 5.41) is 0. The number of rotatable bonds is 3. The fourth-order valence-corrected chi connectivity index (χ4v) is 6.30. The number of aromatic nitrogens is 1. The fourth-order valence-electron chi connectivity index (χ4n) is 6.30. The first-order valence-electron chi connectivity index (χ1n) is 11.3. The molecule has 1 aromatic rings. The van der Waals surface area contributed by atoms with Crippen molar-refractivity contribution in [2.45, 2.75) is 52.1 Å². The van der Waals surface area contributed by atoms with E-state index >= 15 is 0 Å². The summed E-state index contributed by atoms with van der Waals surface area (Å²) >= 11 is 0. The van der Waals surface area contributed by atoms with E-state index in [0.29, 0.717) is 5.92 Å². The summed E-state index contributed by atoms with van der Waals surface area (Å²) in [7, 11) is 0. The number of allylic oxidation sites excluding steroid dienone is 2. The van der Waals surface area contributed by atoms with Gasteiger partial charge in [0, 0.05) is 44.8 Å². The number of nitrogens with zero attached hydrogens (tertiary/aromatic N) is 3. The Bertz CT molecular complexity index is 800. The number of ether oxygens (including phenoxy) is 1. The van der Waals surface area contributed by atoms with E-state index in [1.165, 1.54) is 19.3 Å². The maximum Gasteiger partial charge on any atom is 0.310 e. The molecule has 1 aromatic heterocycles. The molecule has 4 atom stereocenters. The lowest BCUT2D eigenvalue weighted by Gasteiger charge is -2.46. The van der Waals surface area contributed by atoms with E-state index in [1.54, 1.807) is 11.1 Å². The van der Waals surface area contributed by atoms with Gasteiger partial charge in [0.2, 0.25) is 0 Å². The molecule has 0 N–H and O–H groups in total. The molecule has 0 bridgehead atoms. The van der Waals surface area contributed by atoms with Crippen LogP contribution in [0.25, 0.3) is 0 Å². The summed E-state index contributed by atoms with van der Waals surface area (Å²) < 4.78 is 5.95. The zero-order valence-electron chi connectivity index (χ0n) is 17.8. The van der Waals surface area contributed by atoms with Crippen LogP contribution in [0.5, 0.6) is 0 Å². The molecule has 1 saturated carbocycles. The highest BCUT2D eigenvalue weighted by atomic mass is 16.6. The van der Waals surface area contributed by atoms with Crippen molar-refractivity contribution in [3.63, 3.8) is 0 Å². The number of hydrogen-bond donors (Lipinski definition) is 0. The molecular weight excluding hydrogens is 362 g/mol. The van der Waals surface area contributed by atoms with Crippen LogP contribution in [0.2, 0.25) is 0 Å². The van der Waals surface area contributed by atoms with Crippen LogP contribution in [0.15, 0.2) is 35.5 Å². The van der Waals surface area contributed by atoms with Crippen LogP contribution in [-0.2, 0) is 9.53 Å². The highest BCUT2D eigenvalue weighted by molar-refractivity contribution is 5.76.